The topological polar surface area (TPSA) is 66.4 Å². The minimum atomic E-state index is -0.781. The Kier molecular flexibility index (Phi) is 7.43. The van der Waals surface area contributed by atoms with Crippen LogP contribution in [0.2, 0.25) is 0 Å². The molecule has 0 aliphatic carbocycles. The average molecular weight is 311 g/mol. The van der Waals surface area contributed by atoms with Crippen molar-refractivity contribution in [2.45, 2.75) is 52.9 Å². The number of thiophene rings is 1. The van der Waals surface area contributed by atoms with E-state index in [1.165, 1.54) is 10.4 Å². The van der Waals surface area contributed by atoms with E-state index in [4.69, 9.17) is 5.11 Å². The molecular weight excluding hydrogens is 286 g/mol. The third kappa shape index (κ3) is 5.50. The third-order valence-electron chi connectivity index (χ3n) is 3.50. The van der Waals surface area contributed by atoms with Crippen LogP contribution in [-0.4, -0.2) is 23.5 Å². The van der Waals surface area contributed by atoms with E-state index < -0.39 is 5.97 Å². The van der Waals surface area contributed by atoms with Gasteiger partial charge in [0.05, 0.1) is 10.8 Å². The fraction of sp³-hybridized carbons (Fsp3) is 0.625. The SMILES string of the molecule is CCCc1sc(C(=O)NCCCC(C)C(=O)O)cc1CC. The number of hydrogen-bond acceptors (Lipinski definition) is 3. The maximum atomic E-state index is 12.1. The summed E-state index contributed by atoms with van der Waals surface area (Å²) < 4.78 is 0. The average Bonchev–Trinajstić information content (AvgIpc) is 2.86. The number of amides is 1. The zero-order valence-electron chi connectivity index (χ0n) is 13.1. The standard InChI is InChI=1S/C16H25NO3S/c1-4-7-13-12(5-2)10-14(21-13)15(18)17-9-6-8-11(3)16(19)20/h10-11H,4-9H2,1-3H3,(H,17,18)(H,19,20). The minimum absolute atomic E-state index is 0.0416. The summed E-state index contributed by atoms with van der Waals surface area (Å²) in [5.41, 5.74) is 1.27. The lowest BCUT2D eigenvalue weighted by Crippen LogP contribution is -2.24. The van der Waals surface area contributed by atoms with Gasteiger partial charge >= 0.3 is 5.97 Å². The van der Waals surface area contributed by atoms with Crippen molar-refractivity contribution in [3.05, 3.63) is 21.4 Å². The van der Waals surface area contributed by atoms with Crippen LogP contribution in [0.15, 0.2) is 6.07 Å². The lowest BCUT2D eigenvalue weighted by Gasteiger charge is -2.06. The molecule has 0 aliphatic rings. The quantitative estimate of drug-likeness (QED) is 0.686. The first-order chi connectivity index (χ1) is 9.99. The van der Waals surface area contributed by atoms with Crippen molar-refractivity contribution < 1.29 is 14.7 Å². The maximum absolute atomic E-state index is 12.1. The highest BCUT2D eigenvalue weighted by Gasteiger charge is 2.14. The van der Waals surface area contributed by atoms with Gasteiger partial charge in [-0.05, 0) is 37.3 Å². The van der Waals surface area contributed by atoms with Crippen LogP contribution >= 0.6 is 11.3 Å². The first-order valence-corrected chi connectivity index (χ1v) is 8.43. The van der Waals surface area contributed by atoms with Crippen molar-refractivity contribution >= 4 is 23.2 Å². The molecule has 0 spiro atoms. The predicted molar refractivity (Wildman–Crippen MR) is 86.1 cm³/mol. The number of rotatable bonds is 9. The molecule has 0 radical (unpaired) electrons. The Morgan fingerprint density at radius 1 is 1.38 bits per heavy atom. The molecule has 21 heavy (non-hydrogen) atoms. The molecule has 1 aromatic heterocycles. The maximum Gasteiger partial charge on any atom is 0.306 e. The highest BCUT2D eigenvalue weighted by molar-refractivity contribution is 7.14. The predicted octanol–water partition coefficient (Wildman–Crippen LogP) is 3.49. The number of aliphatic carboxylic acids is 1. The Hall–Kier alpha value is -1.36. The van der Waals surface area contributed by atoms with Crippen LogP contribution in [0.3, 0.4) is 0 Å². The highest BCUT2D eigenvalue weighted by atomic mass is 32.1. The van der Waals surface area contributed by atoms with Gasteiger partial charge in [-0.3, -0.25) is 9.59 Å². The molecular formula is C16H25NO3S. The van der Waals surface area contributed by atoms with E-state index >= 15 is 0 Å². The number of nitrogens with one attached hydrogen (secondary N) is 1. The molecule has 0 aromatic carbocycles. The van der Waals surface area contributed by atoms with Crippen molar-refractivity contribution in [3.63, 3.8) is 0 Å². The lowest BCUT2D eigenvalue weighted by molar-refractivity contribution is -0.141. The number of carboxylic acids is 1. The van der Waals surface area contributed by atoms with E-state index in [0.717, 1.165) is 24.1 Å². The Morgan fingerprint density at radius 2 is 2.10 bits per heavy atom. The molecule has 2 N–H and O–H groups in total. The molecule has 1 unspecified atom stereocenters. The molecule has 0 saturated heterocycles. The fourth-order valence-corrected chi connectivity index (χ4v) is 3.41. The monoisotopic (exact) mass is 311 g/mol. The van der Waals surface area contributed by atoms with E-state index in [-0.39, 0.29) is 11.8 Å². The van der Waals surface area contributed by atoms with Crippen LogP contribution in [0.5, 0.6) is 0 Å². The van der Waals surface area contributed by atoms with Gasteiger partial charge in [0.15, 0.2) is 0 Å². The first kappa shape index (κ1) is 17.7. The Bertz CT molecular complexity index is 482. The molecule has 1 aromatic rings. The van der Waals surface area contributed by atoms with Gasteiger partial charge < -0.3 is 10.4 Å². The summed E-state index contributed by atoms with van der Waals surface area (Å²) in [5, 5.41) is 11.7. The Balaban J connectivity index is 2.47. The van der Waals surface area contributed by atoms with Gasteiger partial charge in [0, 0.05) is 11.4 Å². The van der Waals surface area contributed by atoms with E-state index in [9.17, 15) is 9.59 Å². The largest absolute Gasteiger partial charge is 0.481 e. The molecule has 118 valence electrons. The second kappa shape index (κ2) is 8.82. The summed E-state index contributed by atoms with van der Waals surface area (Å²) in [5.74, 6) is -1.18. The fourth-order valence-electron chi connectivity index (χ4n) is 2.14. The summed E-state index contributed by atoms with van der Waals surface area (Å²) in [4.78, 5) is 24.9. The number of aryl methyl sites for hydroxylation is 2. The normalized spacial score (nSPS) is 12.1. The molecule has 1 rings (SSSR count). The van der Waals surface area contributed by atoms with E-state index in [0.29, 0.717) is 19.4 Å². The van der Waals surface area contributed by atoms with Gasteiger partial charge in [-0.15, -0.1) is 11.3 Å². The second-order valence-corrected chi connectivity index (χ2v) is 6.44. The van der Waals surface area contributed by atoms with Crippen LogP contribution in [0.4, 0.5) is 0 Å². The molecule has 0 aliphatic heterocycles. The second-order valence-electron chi connectivity index (χ2n) is 5.30. The molecule has 5 heteroatoms. The highest BCUT2D eigenvalue weighted by Crippen LogP contribution is 2.24. The van der Waals surface area contributed by atoms with Gasteiger partial charge in [0.25, 0.3) is 5.91 Å². The molecule has 0 bridgehead atoms. The lowest BCUT2D eigenvalue weighted by atomic mass is 10.1. The molecule has 4 nitrogen and oxygen atoms in total. The summed E-state index contributed by atoms with van der Waals surface area (Å²) in [7, 11) is 0. The van der Waals surface area contributed by atoms with Crippen molar-refractivity contribution in [3.8, 4) is 0 Å². The third-order valence-corrected chi connectivity index (χ3v) is 4.74. The van der Waals surface area contributed by atoms with Gasteiger partial charge in [-0.1, -0.05) is 27.2 Å². The van der Waals surface area contributed by atoms with Crippen molar-refractivity contribution in [1.29, 1.82) is 0 Å². The van der Waals surface area contributed by atoms with Gasteiger partial charge in [0.2, 0.25) is 0 Å². The number of carboxylic acid groups (broad SMARTS) is 1. The zero-order valence-corrected chi connectivity index (χ0v) is 13.9. The minimum Gasteiger partial charge on any atom is -0.481 e. The van der Waals surface area contributed by atoms with Crippen molar-refractivity contribution in [1.82, 2.24) is 5.32 Å². The number of carbonyl (C=O) groups is 2. The van der Waals surface area contributed by atoms with E-state index in [1.54, 1.807) is 18.3 Å². The van der Waals surface area contributed by atoms with Gasteiger partial charge in [-0.2, -0.15) is 0 Å². The van der Waals surface area contributed by atoms with Crippen LogP contribution in [0.1, 0.15) is 60.1 Å². The van der Waals surface area contributed by atoms with Crippen molar-refractivity contribution in [2.24, 2.45) is 5.92 Å². The van der Waals surface area contributed by atoms with Crippen LogP contribution < -0.4 is 5.32 Å². The smallest absolute Gasteiger partial charge is 0.306 e. The molecule has 1 amide bonds. The van der Waals surface area contributed by atoms with Crippen LogP contribution in [-0.2, 0) is 17.6 Å². The van der Waals surface area contributed by atoms with Gasteiger partial charge in [-0.25, -0.2) is 0 Å². The number of hydrogen-bond donors (Lipinski definition) is 2. The summed E-state index contributed by atoms with van der Waals surface area (Å²) in [6, 6.07) is 1.99. The molecule has 1 atom stereocenters. The summed E-state index contributed by atoms with van der Waals surface area (Å²) >= 11 is 1.58. The van der Waals surface area contributed by atoms with Crippen LogP contribution in [0.25, 0.3) is 0 Å². The Labute approximate surface area is 130 Å². The Morgan fingerprint density at radius 3 is 2.67 bits per heavy atom. The first-order valence-electron chi connectivity index (χ1n) is 7.62. The van der Waals surface area contributed by atoms with Crippen molar-refractivity contribution in [2.75, 3.05) is 6.54 Å². The van der Waals surface area contributed by atoms with Crippen LogP contribution in [0, 0.1) is 5.92 Å². The summed E-state index contributed by atoms with van der Waals surface area (Å²) in [6.45, 7) is 6.46. The number of carbonyl (C=O) groups excluding carboxylic acids is 1. The van der Waals surface area contributed by atoms with Gasteiger partial charge in [0.1, 0.15) is 0 Å². The molecule has 1 heterocycles. The zero-order chi connectivity index (χ0) is 15.8. The van der Waals surface area contributed by atoms with E-state index in [1.807, 2.05) is 6.07 Å². The molecule has 0 saturated carbocycles. The van der Waals surface area contributed by atoms with E-state index in [2.05, 4.69) is 19.2 Å². The summed E-state index contributed by atoms with van der Waals surface area (Å²) in [6.07, 6.45) is 4.34. The molecule has 0 fully saturated rings.